The number of aromatic nitrogens is 1. The van der Waals surface area contributed by atoms with Gasteiger partial charge in [-0.25, -0.2) is 0 Å². The standard InChI is InChI=1S/C14H24F3N5O.HI/c1-10(2)12-7-11(23-21-12)8-20-13(18-3)19-5-6-22(4)9-14(15,16)17;/h7,10H,5-6,8-9H2,1-4H3,(H2,18,19,20);1H. The summed E-state index contributed by atoms with van der Waals surface area (Å²) in [6.45, 7) is 4.11. The van der Waals surface area contributed by atoms with Crippen molar-refractivity contribution < 1.29 is 17.7 Å². The lowest BCUT2D eigenvalue weighted by molar-refractivity contribution is -0.142. The minimum absolute atomic E-state index is 0. The van der Waals surface area contributed by atoms with Crippen molar-refractivity contribution in [3.8, 4) is 0 Å². The van der Waals surface area contributed by atoms with Crippen LogP contribution in [0.2, 0.25) is 0 Å². The van der Waals surface area contributed by atoms with E-state index in [4.69, 9.17) is 4.52 Å². The van der Waals surface area contributed by atoms with E-state index in [0.717, 1.165) is 5.69 Å². The summed E-state index contributed by atoms with van der Waals surface area (Å²) in [5, 5.41) is 9.93. The second-order valence-corrected chi connectivity index (χ2v) is 5.58. The number of nitrogens with one attached hydrogen (secondary N) is 2. The maximum Gasteiger partial charge on any atom is 0.401 e. The van der Waals surface area contributed by atoms with Gasteiger partial charge in [-0.15, -0.1) is 24.0 Å². The van der Waals surface area contributed by atoms with Crippen LogP contribution in [0.25, 0.3) is 0 Å². The normalized spacial score (nSPS) is 12.5. The lowest BCUT2D eigenvalue weighted by Crippen LogP contribution is -2.42. The second-order valence-electron chi connectivity index (χ2n) is 5.58. The number of halogens is 4. The monoisotopic (exact) mass is 463 g/mol. The molecule has 2 N–H and O–H groups in total. The third-order valence-corrected chi connectivity index (χ3v) is 3.06. The first-order valence-electron chi connectivity index (χ1n) is 7.36. The van der Waals surface area contributed by atoms with Gasteiger partial charge in [0.05, 0.1) is 18.8 Å². The maximum atomic E-state index is 12.2. The Hall–Kier alpha value is -1.04. The van der Waals surface area contributed by atoms with E-state index >= 15 is 0 Å². The number of nitrogens with zero attached hydrogens (tertiary/aromatic N) is 3. The van der Waals surface area contributed by atoms with Gasteiger partial charge in [0, 0.05) is 26.2 Å². The predicted octanol–water partition coefficient (Wildman–Crippen LogP) is 2.58. The lowest BCUT2D eigenvalue weighted by Gasteiger charge is -2.19. The summed E-state index contributed by atoms with van der Waals surface area (Å²) < 4.78 is 41.8. The summed E-state index contributed by atoms with van der Waals surface area (Å²) in [6.07, 6.45) is -4.19. The van der Waals surface area contributed by atoms with Gasteiger partial charge in [0.15, 0.2) is 11.7 Å². The summed E-state index contributed by atoms with van der Waals surface area (Å²) in [6, 6.07) is 1.86. The van der Waals surface area contributed by atoms with E-state index < -0.39 is 12.7 Å². The first-order chi connectivity index (χ1) is 10.7. The highest BCUT2D eigenvalue weighted by Gasteiger charge is 2.28. The van der Waals surface area contributed by atoms with Crippen molar-refractivity contribution in [1.29, 1.82) is 0 Å². The van der Waals surface area contributed by atoms with E-state index in [1.165, 1.54) is 11.9 Å². The zero-order valence-corrected chi connectivity index (χ0v) is 16.6. The van der Waals surface area contributed by atoms with Crippen LogP contribution in [0.15, 0.2) is 15.6 Å². The molecule has 0 bridgehead atoms. The number of aliphatic imine (C=N–C) groups is 1. The molecule has 140 valence electrons. The third kappa shape index (κ3) is 9.30. The van der Waals surface area contributed by atoms with Gasteiger partial charge in [0.1, 0.15) is 0 Å². The quantitative estimate of drug-likeness (QED) is 0.370. The van der Waals surface area contributed by atoms with Crippen molar-refractivity contribution in [1.82, 2.24) is 20.7 Å². The predicted molar refractivity (Wildman–Crippen MR) is 97.8 cm³/mol. The molecule has 0 aliphatic heterocycles. The Balaban J connectivity index is 0.00000529. The first kappa shape index (κ1) is 23.0. The number of alkyl halides is 3. The number of hydrogen-bond acceptors (Lipinski definition) is 4. The smallest absolute Gasteiger partial charge is 0.359 e. The van der Waals surface area contributed by atoms with Crippen molar-refractivity contribution in [3.63, 3.8) is 0 Å². The van der Waals surface area contributed by atoms with E-state index in [0.29, 0.717) is 24.8 Å². The summed E-state index contributed by atoms with van der Waals surface area (Å²) in [5.74, 6) is 1.45. The second kappa shape index (κ2) is 10.7. The van der Waals surface area contributed by atoms with E-state index in [-0.39, 0.29) is 36.4 Å². The van der Waals surface area contributed by atoms with E-state index in [9.17, 15) is 13.2 Å². The molecule has 0 aliphatic rings. The van der Waals surface area contributed by atoms with Crippen LogP contribution in [0.1, 0.15) is 31.2 Å². The van der Waals surface area contributed by atoms with Crippen molar-refractivity contribution in [2.75, 3.05) is 33.7 Å². The largest absolute Gasteiger partial charge is 0.401 e. The molecule has 0 spiro atoms. The Bertz CT molecular complexity index is 505. The van der Waals surface area contributed by atoms with Crippen LogP contribution in [0.4, 0.5) is 13.2 Å². The van der Waals surface area contributed by atoms with Crippen molar-refractivity contribution >= 4 is 29.9 Å². The fourth-order valence-electron chi connectivity index (χ4n) is 1.83. The van der Waals surface area contributed by atoms with Gasteiger partial charge in [-0.05, 0) is 13.0 Å². The molecule has 0 saturated carbocycles. The molecule has 10 heteroatoms. The van der Waals surface area contributed by atoms with Gasteiger partial charge >= 0.3 is 6.18 Å². The van der Waals surface area contributed by atoms with Gasteiger partial charge in [0.25, 0.3) is 0 Å². The van der Waals surface area contributed by atoms with Gasteiger partial charge in [0.2, 0.25) is 0 Å². The van der Waals surface area contributed by atoms with Crippen molar-refractivity contribution in [2.45, 2.75) is 32.5 Å². The number of guanidine groups is 1. The molecule has 0 aromatic carbocycles. The molecular weight excluding hydrogens is 438 g/mol. The van der Waals surface area contributed by atoms with Crippen LogP contribution in [-0.2, 0) is 6.54 Å². The fraction of sp³-hybridized carbons (Fsp3) is 0.714. The zero-order valence-electron chi connectivity index (χ0n) is 14.3. The van der Waals surface area contributed by atoms with Crippen LogP contribution >= 0.6 is 24.0 Å². The van der Waals surface area contributed by atoms with Crippen LogP contribution in [0, 0.1) is 0 Å². The van der Waals surface area contributed by atoms with Crippen LogP contribution in [0.5, 0.6) is 0 Å². The lowest BCUT2D eigenvalue weighted by atomic mass is 10.1. The summed E-state index contributed by atoms with van der Waals surface area (Å²) in [7, 11) is 3.02. The Labute approximate surface area is 157 Å². The Kier molecular flexibility index (Phi) is 10.3. The first-order valence-corrected chi connectivity index (χ1v) is 7.36. The van der Waals surface area contributed by atoms with Crippen LogP contribution < -0.4 is 10.6 Å². The molecular formula is C14H25F3IN5O. The molecule has 0 saturated heterocycles. The summed E-state index contributed by atoms with van der Waals surface area (Å²) >= 11 is 0. The molecule has 1 aromatic heterocycles. The Morgan fingerprint density at radius 2 is 2.04 bits per heavy atom. The fourth-order valence-corrected chi connectivity index (χ4v) is 1.83. The van der Waals surface area contributed by atoms with Gasteiger partial charge in [-0.2, -0.15) is 13.2 Å². The summed E-state index contributed by atoms with van der Waals surface area (Å²) in [4.78, 5) is 5.21. The molecule has 1 heterocycles. The van der Waals surface area contributed by atoms with E-state index in [2.05, 4.69) is 20.8 Å². The molecule has 1 aromatic rings. The molecule has 0 amide bonds. The molecule has 0 atom stereocenters. The molecule has 1 rings (SSSR count). The molecule has 0 radical (unpaired) electrons. The highest BCUT2D eigenvalue weighted by atomic mass is 127. The van der Waals surface area contributed by atoms with Crippen molar-refractivity contribution in [3.05, 3.63) is 17.5 Å². The summed E-state index contributed by atoms with van der Waals surface area (Å²) in [5.41, 5.74) is 0.874. The molecule has 0 fully saturated rings. The molecule has 24 heavy (non-hydrogen) atoms. The topological polar surface area (TPSA) is 65.7 Å². The number of rotatable bonds is 7. The minimum Gasteiger partial charge on any atom is -0.359 e. The van der Waals surface area contributed by atoms with E-state index in [1.807, 2.05) is 19.9 Å². The third-order valence-electron chi connectivity index (χ3n) is 3.06. The van der Waals surface area contributed by atoms with E-state index in [1.54, 1.807) is 7.05 Å². The molecule has 0 unspecified atom stereocenters. The highest BCUT2D eigenvalue weighted by Crippen LogP contribution is 2.15. The number of likely N-dealkylation sites (N-methyl/N-ethyl adjacent to an activating group) is 1. The van der Waals surface area contributed by atoms with Gasteiger partial charge in [-0.1, -0.05) is 19.0 Å². The molecule has 0 aliphatic carbocycles. The maximum absolute atomic E-state index is 12.2. The Morgan fingerprint density at radius 1 is 1.38 bits per heavy atom. The average Bonchev–Trinajstić information content (AvgIpc) is 2.89. The zero-order chi connectivity index (χ0) is 17.5. The highest BCUT2D eigenvalue weighted by molar-refractivity contribution is 14.0. The number of hydrogen-bond donors (Lipinski definition) is 2. The van der Waals surface area contributed by atoms with Gasteiger partial charge in [-0.3, -0.25) is 9.89 Å². The molecule has 6 nitrogen and oxygen atoms in total. The SMILES string of the molecule is CN=C(NCCN(C)CC(F)(F)F)NCc1cc(C(C)C)no1.I. The van der Waals surface area contributed by atoms with Crippen LogP contribution in [0.3, 0.4) is 0 Å². The van der Waals surface area contributed by atoms with Gasteiger partial charge < -0.3 is 15.2 Å². The van der Waals surface area contributed by atoms with Crippen LogP contribution in [-0.4, -0.2) is 55.9 Å². The minimum atomic E-state index is -4.19. The van der Waals surface area contributed by atoms with Crippen molar-refractivity contribution in [2.24, 2.45) is 4.99 Å². The Morgan fingerprint density at radius 3 is 2.54 bits per heavy atom. The average molecular weight is 463 g/mol.